The molecule has 0 aliphatic rings. The molecule has 0 atom stereocenters. The number of nitrogens with two attached hydrogens (primary N) is 2. The fourth-order valence-corrected chi connectivity index (χ4v) is 0.679. The van der Waals surface area contributed by atoms with Gasteiger partial charge in [-0.2, -0.15) is 0 Å². The fourth-order valence-electron chi connectivity index (χ4n) is 0.574. The Bertz CT molecular complexity index is 227. The number of amides is 1. The third kappa shape index (κ3) is 8.54. The minimum atomic E-state index is -0.101. The van der Waals surface area contributed by atoms with E-state index < -0.39 is 0 Å². The summed E-state index contributed by atoms with van der Waals surface area (Å²) in [6, 6.07) is 0. The van der Waals surface area contributed by atoms with Crippen LogP contribution in [0.25, 0.3) is 0 Å². The average molecular weight is 203 g/mol. The van der Waals surface area contributed by atoms with Gasteiger partial charge in [-0.25, -0.2) is 0 Å². The molecule has 74 valence electrons. The Hall–Kier alpha value is -1.37. The smallest absolute Gasteiger partial charge is 0.216 e. The summed E-state index contributed by atoms with van der Waals surface area (Å²) in [7, 11) is 0. The fraction of sp³-hybridized carbons (Fsp3) is 0.500. The third-order valence-electron chi connectivity index (χ3n) is 1.02. The van der Waals surface area contributed by atoms with Crippen molar-refractivity contribution >= 4 is 29.2 Å². The Kier molecular flexibility index (Phi) is 5.53. The highest BCUT2D eigenvalue weighted by atomic mass is 32.1. The monoisotopic (exact) mass is 203 g/mol. The van der Waals surface area contributed by atoms with Gasteiger partial charge in [-0.15, -0.1) is 0 Å². The second kappa shape index (κ2) is 6.18. The predicted octanol–water partition coefficient (Wildman–Crippen LogP) is -1.73. The molecule has 0 unspecified atom stereocenters. The van der Waals surface area contributed by atoms with Gasteiger partial charge in [0.25, 0.3) is 0 Å². The molecule has 0 aromatic rings. The third-order valence-corrected chi connectivity index (χ3v) is 1.12. The number of carbonyl (C=O) groups excluding carboxylic acids is 1. The van der Waals surface area contributed by atoms with Crippen molar-refractivity contribution < 1.29 is 4.79 Å². The number of hydrogen-bond acceptors (Lipinski definition) is 3. The number of thiocarbonyl (C=S) groups is 1. The van der Waals surface area contributed by atoms with E-state index >= 15 is 0 Å². The molecule has 0 aliphatic carbocycles. The zero-order valence-electron chi connectivity index (χ0n) is 7.33. The van der Waals surface area contributed by atoms with Crippen LogP contribution in [0, 0.1) is 0 Å². The van der Waals surface area contributed by atoms with Gasteiger partial charge in [0.2, 0.25) is 5.91 Å². The van der Waals surface area contributed by atoms with Crippen molar-refractivity contribution in [3.8, 4) is 0 Å². The molecule has 1 amide bonds. The number of carbonyl (C=O) groups is 1. The van der Waals surface area contributed by atoms with Crippen molar-refractivity contribution in [2.75, 3.05) is 13.1 Å². The van der Waals surface area contributed by atoms with Gasteiger partial charge in [0.15, 0.2) is 11.1 Å². The normalized spacial score (nSPS) is 10.7. The Morgan fingerprint density at radius 1 is 1.54 bits per heavy atom. The lowest BCUT2D eigenvalue weighted by atomic mass is 10.6. The number of aliphatic imine (C=N–C) groups is 1. The summed E-state index contributed by atoms with van der Waals surface area (Å²) >= 11 is 4.53. The molecule has 7 heteroatoms. The first-order chi connectivity index (χ1) is 6.02. The molecule has 13 heavy (non-hydrogen) atoms. The highest BCUT2D eigenvalue weighted by molar-refractivity contribution is 7.80. The van der Waals surface area contributed by atoms with E-state index in [1.807, 2.05) is 0 Å². The van der Waals surface area contributed by atoms with E-state index in [1.54, 1.807) is 0 Å². The van der Waals surface area contributed by atoms with Crippen LogP contribution in [0.2, 0.25) is 0 Å². The zero-order chi connectivity index (χ0) is 10.3. The highest BCUT2D eigenvalue weighted by Gasteiger charge is 1.92. The van der Waals surface area contributed by atoms with E-state index in [4.69, 9.17) is 11.5 Å². The summed E-state index contributed by atoms with van der Waals surface area (Å²) in [6.45, 7) is 2.26. The van der Waals surface area contributed by atoms with Crippen molar-refractivity contribution in [3.05, 3.63) is 0 Å². The number of hydrogen-bond donors (Lipinski definition) is 4. The molecule has 0 aromatic carbocycles. The molecule has 6 N–H and O–H groups in total. The Morgan fingerprint density at radius 2 is 2.15 bits per heavy atom. The largest absolute Gasteiger partial charge is 0.376 e. The minimum Gasteiger partial charge on any atom is -0.376 e. The van der Waals surface area contributed by atoms with Gasteiger partial charge in [-0.05, 0) is 12.2 Å². The maximum Gasteiger partial charge on any atom is 0.216 e. The molecular weight excluding hydrogens is 190 g/mol. The molecule has 0 saturated carbocycles. The van der Waals surface area contributed by atoms with Crippen LogP contribution in [-0.2, 0) is 4.79 Å². The molecule has 6 nitrogen and oxygen atoms in total. The van der Waals surface area contributed by atoms with E-state index in [9.17, 15) is 4.79 Å². The molecule has 0 spiro atoms. The molecule has 0 aromatic heterocycles. The van der Waals surface area contributed by atoms with Gasteiger partial charge < -0.3 is 22.1 Å². The summed E-state index contributed by atoms with van der Waals surface area (Å²) in [6.07, 6.45) is 0. The maximum absolute atomic E-state index is 10.4. The summed E-state index contributed by atoms with van der Waals surface area (Å²) in [5, 5.41) is 5.09. The van der Waals surface area contributed by atoms with Gasteiger partial charge in [0.1, 0.15) is 0 Å². The summed E-state index contributed by atoms with van der Waals surface area (Å²) < 4.78 is 0. The van der Waals surface area contributed by atoms with Crippen LogP contribution in [0.15, 0.2) is 4.99 Å². The Morgan fingerprint density at radius 3 is 2.62 bits per heavy atom. The number of nitrogens with one attached hydrogen (secondary N) is 2. The van der Waals surface area contributed by atoms with E-state index in [0.717, 1.165) is 0 Å². The second-order valence-electron chi connectivity index (χ2n) is 2.24. The lowest BCUT2D eigenvalue weighted by molar-refractivity contribution is -0.118. The highest BCUT2D eigenvalue weighted by Crippen LogP contribution is 1.69. The van der Waals surface area contributed by atoms with Crippen LogP contribution in [-0.4, -0.2) is 30.1 Å². The van der Waals surface area contributed by atoms with Crippen LogP contribution in [0.4, 0.5) is 0 Å². The first kappa shape index (κ1) is 11.6. The Balaban J connectivity index is 3.59. The molecule has 0 saturated heterocycles. The molecule has 0 heterocycles. The van der Waals surface area contributed by atoms with E-state index in [-0.39, 0.29) is 17.0 Å². The lowest BCUT2D eigenvalue weighted by Crippen LogP contribution is -2.40. The molecular formula is C6H13N5OS. The molecule has 0 radical (unpaired) electrons. The van der Waals surface area contributed by atoms with Crippen LogP contribution < -0.4 is 22.1 Å². The van der Waals surface area contributed by atoms with E-state index in [1.165, 1.54) is 6.92 Å². The zero-order valence-corrected chi connectivity index (χ0v) is 8.15. The maximum atomic E-state index is 10.4. The Labute approximate surface area is 81.8 Å². The van der Waals surface area contributed by atoms with E-state index in [0.29, 0.717) is 13.1 Å². The first-order valence-corrected chi connectivity index (χ1v) is 4.04. The molecule has 0 aliphatic heterocycles. The number of guanidine groups is 1. The second-order valence-corrected chi connectivity index (χ2v) is 2.68. The standard InChI is InChI=1S/C6H13N5OS/c1-4(12)9-2-3-10-5(7)11-6(8)13/h2-3H2,1H3,(H,9,12)(H5,7,8,10,11,13). The summed E-state index contributed by atoms with van der Waals surface area (Å²) in [5.41, 5.74) is 10.5. The van der Waals surface area contributed by atoms with Crippen molar-refractivity contribution in [1.29, 1.82) is 0 Å². The van der Waals surface area contributed by atoms with Crippen LogP contribution >= 0.6 is 12.2 Å². The predicted molar refractivity (Wildman–Crippen MR) is 55.1 cm³/mol. The quantitative estimate of drug-likeness (QED) is 0.189. The van der Waals surface area contributed by atoms with Crippen LogP contribution in [0.1, 0.15) is 6.92 Å². The summed E-state index contributed by atoms with van der Waals surface area (Å²) in [5.74, 6) is 0.0499. The molecule has 0 fully saturated rings. The van der Waals surface area contributed by atoms with Gasteiger partial charge in [0.05, 0.1) is 6.54 Å². The molecule has 0 bridgehead atoms. The van der Waals surface area contributed by atoms with E-state index in [2.05, 4.69) is 27.8 Å². The van der Waals surface area contributed by atoms with Crippen LogP contribution in [0.3, 0.4) is 0 Å². The van der Waals surface area contributed by atoms with Crippen LogP contribution in [0.5, 0.6) is 0 Å². The lowest BCUT2D eigenvalue weighted by Gasteiger charge is -2.02. The van der Waals surface area contributed by atoms with Crippen molar-refractivity contribution in [2.45, 2.75) is 6.92 Å². The van der Waals surface area contributed by atoms with Crippen molar-refractivity contribution in [2.24, 2.45) is 16.5 Å². The summed E-state index contributed by atoms with van der Waals surface area (Å²) in [4.78, 5) is 14.3. The minimum absolute atomic E-state index is 0.0702. The van der Waals surface area contributed by atoms with Gasteiger partial charge in [-0.1, -0.05) is 0 Å². The molecule has 0 rings (SSSR count). The van der Waals surface area contributed by atoms with Gasteiger partial charge >= 0.3 is 0 Å². The van der Waals surface area contributed by atoms with Crippen molar-refractivity contribution in [3.63, 3.8) is 0 Å². The SMILES string of the molecule is CC(=O)NCCN=C(N)NC(N)=S. The first-order valence-electron chi connectivity index (χ1n) is 3.63. The topological polar surface area (TPSA) is 106 Å². The number of rotatable bonds is 3. The number of nitrogens with zero attached hydrogens (tertiary/aromatic N) is 1. The van der Waals surface area contributed by atoms with Gasteiger partial charge in [-0.3, -0.25) is 9.79 Å². The van der Waals surface area contributed by atoms with Gasteiger partial charge in [0, 0.05) is 13.5 Å². The van der Waals surface area contributed by atoms with Crippen molar-refractivity contribution in [1.82, 2.24) is 10.6 Å². The average Bonchev–Trinajstić information content (AvgIpc) is 1.96.